The van der Waals surface area contributed by atoms with E-state index in [1.165, 1.54) is 21.2 Å². The van der Waals surface area contributed by atoms with Crippen LogP contribution in [0.25, 0.3) is 33.4 Å². The fourth-order valence-electron chi connectivity index (χ4n) is 8.88. The third kappa shape index (κ3) is 8.86. The second kappa shape index (κ2) is 18.1. The summed E-state index contributed by atoms with van der Waals surface area (Å²) in [5.41, 5.74) is 9.37. The minimum absolute atomic E-state index is 0.107. The number of carbonyl (C=O) groups excluding carboxylic acids is 4. The summed E-state index contributed by atoms with van der Waals surface area (Å²) in [6, 6.07) is 7.79. The summed E-state index contributed by atoms with van der Waals surface area (Å²) in [5.74, 6) is -1.79. The zero-order chi connectivity index (χ0) is 42.9. The van der Waals surface area contributed by atoms with Crippen molar-refractivity contribution in [2.45, 2.75) is 117 Å². The highest BCUT2D eigenvalue weighted by molar-refractivity contribution is 7.10. The van der Waals surface area contributed by atoms with Gasteiger partial charge >= 0.3 is 5.97 Å². The maximum atomic E-state index is 14.5. The van der Waals surface area contributed by atoms with Crippen molar-refractivity contribution in [1.82, 2.24) is 35.2 Å². The van der Waals surface area contributed by atoms with E-state index in [0.717, 1.165) is 51.1 Å². The molecule has 0 aliphatic carbocycles. The highest BCUT2D eigenvalue weighted by atomic mass is 32.1. The van der Waals surface area contributed by atoms with Gasteiger partial charge in [-0.15, -0.1) is 11.3 Å². The Labute approximate surface area is 356 Å². The molecule has 2 saturated heterocycles. The highest BCUT2D eigenvalue weighted by Gasteiger charge is 2.39. The molecule has 3 aliphatic rings. The monoisotopic (exact) mass is 841 g/mol. The number of aromatic nitrogens is 3. The van der Waals surface area contributed by atoms with Crippen LogP contribution in [0.4, 0.5) is 0 Å². The lowest BCUT2D eigenvalue weighted by Crippen LogP contribution is -2.62. The quantitative estimate of drug-likeness (QED) is 0.196. The first-order chi connectivity index (χ1) is 28.7. The number of pyridine rings is 1. The summed E-state index contributed by atoms with van der Waals surface area (Å²) < 4.78 is 19.9. The number of esters is 1. The van der Waals surface area contributed by atoms with Crippen LogP contribution < -0.4 is 10.7 Å². The van der Waals surface area contributed by atoms with Crippen LogP contribution in [0.5, 0.6) is 0 Å². The summed E-state index contributed by atoms with van der Waals surface area (Å²) in [7, 11) is 3.31. The van der Waals surface area contributed by atoms with E-state index < -0.39 is 47.4 Å². The molecule has 6 heterocycles. The maximum Gasteiger partial charge on any atom is 0.324 e. The number of thiazole rings is 1. The maximum absolute atomic E-state index is 14.5. The SMILES string of the molecule is CCn1c(-c2cccnc2[C@H](C)OC)c2c3cc(ccc31)-c1csc(n1)C[C@H](NC(=O)[C@H](C(C)C)N(C)C(=O)[C@H]1CCCO1)C(=O)N1CCC[C@H](N1)C(=O)OCC(C)(C)C2. The molecule has 2 N–H and O–H groups in total. The van der Waals surface area contributed by atoms with E-state index >= 15 is 0 Å². The molecule has 14 nitrogen and oxygen atoms in total. The molecule has 0 radical (unpaired) electrons. The van der Waals surface area contributed by atoms with Gasteiger partial charge in [-0.25, -0.2) is 10.4 Å². The first-order valence-corrected chi connectivity index (χ1v) is 22.1. The summed E-state index contributed by atoms with van der Waals surface area (Å²) in [6.45, 7) is 13.8. The zero-order valence-corrected chi connectivity index (χ0v) is 36.9. The summed E-state index contributed by atoms with van der Waals surface area (Å²) >= 11 is 1.42. The van der Waals surface area contributed by atoms with Gasteiger partial charge in [-0.05, 0) is 81.7 Å². The van der Waals surface area contributed by atoms with Crippen LogP contribution >= 0.6 is 11.3 Å². The molecule has 322 valence electrons. The molecule has 2 fully saturated rings. The normalized spacial score (nSPS) is 22.0. The molecule has 7 rings (SSSR count). The van der Waals surface area contributed by atoms with Crippen molar-refractivity contribution in [3.8, 4) is 22.5 Å². The van der Waals surface area contributed by atoms with Crippen LogP contribution in [-0.2, 0) is 52.8 Å². The number of likely N-dealkylation sites (N-methyl/N-ethyl adjacent to an activating group) is 1. The Morgan fingerprint density at radius 3 is 2.67 bits per heavy atom. The van der Waals surface area contributed by atoms with Crippen LogP contribution in [0.1, 0.15) is 89.6 Å². The third-order valence-corrected chi connectivity index (χ3v) is 12.9. The van der Waals surface area contributed by atoms with Crippen molar-refractivity contribution >= 4 is 45.9 Å². The van der Waals surface area contributed by atoms with Crippen LogP contribution in [0.2, 0.25) is 0 Å². The van der Waals surface area contributed by atoms with Crippen molar-refractivity contribution in [1.29, 1.82) is 0 Å². The zero-order valence-electron chi connectivity index (χ0n) is 36.1. The second-order valence-corrected chi connectivity index (χ2v) is 18.4. The number of carbonyl (C=O) groups is 4. The average molecular weight is 842 g/mol. The predicted octanol–water partition coefficient (Wildman–Crippen LogP) is 5.86. The van der Waals surface area contributed by atoms with Crippen molar-refractivity contribution in [2.24, 2.45) is 11.3 Å². The Bertz CT molecular complexity index is 2230. The highest BCUT2D eigenvalue weighted by Crippen LogP contribution is 2.42. The topological polar surface area (TPSA) is 157 Å². The molecule has 5 atom stereocenters. The molecule has 1 aromatic carbocycles. The van der Waals surface area contributed by atoms with Gasteiger partial charge in [0.25, 0.3) is 11.8 Å². The number of benzene rings is 1. The smallest absolute Gasteiger partial charge is 0.324 e. The first-order valence-electron chi connectivity index (χ1n) is 21.2. The average Bonchev–Trinajstić information content (AvgIpc) is 4.01. The molecule has 0 unspecified atom stereocenters. The summed E-state index contributed by atoms with van der Waals surface area (Å²) in [6.07, 6.45) is 4.09. The molecule has 0 spiro atoms. The lowest BCUT2D eigenvalue weighted by molar-refractivity contribution is -0.155. The van der Waals surface area contributed by atoms with E-state index in [4.69, 9.17) is 24.2 Å². The van der Waals surface area contributed by atoms with E-state index in [1.807, 2.05) is 32.2 Å². The number of ether oxygens (including phenoxy) is 3. The number of hydrogen-bond donors (Lipinski definition) is 2. The number of aryl methyl sites for hydroxylation is 1. The molecule has 0 saturated carbocycles. The molecule has 15 heteroatoms. The molecule has 6 bridgehead atoms. The lowest BCUT2D eigenvalue weighted by atomic mass is 9.84. The van der Waals surface area contributed by atoms with Crippen LogP contribution in [0.3, 0.4) is 0 Å². The molecule has 3 amide bonds. The molecular formula is C45H59N7O7S. The number of methoxy groups -OCH3 is 1. The second-order valence-electron chi connectivity index (χ2n) is 17.4. The Balaban J connectivity index is 1.30. The van der Waals surface area contributed by atoms with Crippen molar-refractivity contribution in [3.05, 3.63) is 58.2 Å². The molecule has 3 aromatic heterocycles. The number of hydrogen-bond acceptors (Lipinski definition) is 11. The summed E-state index contributed by atoms with van der Waals surface area (Å²) in [4.78, 5) is 67.3. The number of nitrogens with one attached hydrogen (secondary N) is 2. The Hall–Kier alpha value is -4.70. The summed E-state index contributed by atoms with van der Waals surface area (Å²) in [5, 5.41) is 8.15. The minimum atomic E-state index is -1.04. The van der Waals surface area contributed by atoms with E-state index in [0.29, 0.717) is 50.4 Å². The van der Waals surface area contributed by atoms with Gasteiger partial charge in [0.2, 0.25) is 5.91 Å². The van der Waals surface area contributed by atoms with Crippen molar-refractivity contribution < 1.29 is 33.4 Å². The Morgan fingerprint density at radius 2 is 1.95 bits per heavy atom. The largest absolute Gasteiger partial charge is 0.464 e. The molecule has 60 heavy (non-hydrogen) atoms. The minimum Gasteiger partial charge on any atom is -0.464 e. The molecular weight excluding hydrogens is 783 g/mol. The van der Waals surface area contributed by atoms with E-state index in [9.17, 15) is 19.2 Å². The van der Waals surface area contributed by atoms with Gasteiger partial charge in [0, 0.05) is 79.3 Å². The van der Waals surface area contributed by atoms with Gasteiger partial charge in [0.05, 0.1) is 34.8 Å². The predicted molar refractivity (Wildman–Crippen MR) is 230 cm³/mol. The van der Waals surface area contributed by atoms with Crippen LogP contribution in [0.15, 0.2) is 41.9 Å². The number of fused-ring (bicyclic) bond motifs is 6. The Morgan fingerprint density at radius 1 is 1.15 bits per heavy atom. The van der Waals surface area contributed by atoms with E-state index in [2.05, 4.69) is 60.3 Å². The first kappa shape index (κ1) is 43.4. The van der Waals surface area contributed by atoms with Gasteiger partial charge in [0.15, 0.2) is 0 Å². The molecule has 4 aromatic rings. The van der Waals surface area contributed by atoms with Crippen LogP contribution in [-0.4, -0.2) is 106 Å². The van der Waals surface area contributed by atoms with Crippen molar-refractivity contribution in [2.75, 3.05) is 33.9 Å². The van der Waals surface area contributed by atoms with E-state index in [-0.39, 0.29) is 31.0 Å². The fourth-order valence-corrected chi connectivity index (χ4v) is 9.73. The van der Waals surface area contributed by atoms with Gasteiger partial charge in [-0.3, -0.25) is 29.2 Å². The van der Waals surface area contributed by atoms with Gasteiger partial charge < -0.3 is 29.0 Å². The standard InChI is InChI=1S/C45H59N7O7S/c1-9-51-35-17-16-28-21-30(35)31(40(51)29-13-10-18-46-38(29)27(4)57-8)23-45(5,6)25-59-44(56)32-14-11-19-52(49-32)42(54)33(22-37-47-34(28)24-60-37)48-41(53)39(26(2)3)50(7)43(55)36-15-12-20-58-36/h10,13,16-18,21,24,26-27,32-33,36,39,49H,9,11-12,14-15,19-20,22-23,25H2,1-8H3,(H,48,53)/t27-,32-,33-,36+,39-/m0/s1. The fraction of sp³-hybridized carbons (Fsp3) is 0.556. The number of amides is 3. The number of hydrazine groups is 1. The molecule has 3 aliphatic heterocycles. The third-order valence-electron chi connectivity index (χ3n) is 12.0. The number of rotatable bonds is 9. The van der Waals surface area contributed by atoms with Gasteiger partial charge in [-0.1, -0.05) is 33.8 Å². The lowest BCUT2D eigenvalue weighted by Gasteiger charge is -2.36. The van der Waals surface area contributed by atoms with E-state index in [1.54, 1.807) is 20.4 Å². The number of nitrogens with zero attached hydrogens (tertiary/aromatic N) is 5. The van der Waals surface area contributed by atoms with Crippen LogP contribution in [0, 0.1) is 11.3 Å². The van der Waals surface area contributed by atoms with Gasteiger partial charge in [0.1, 0.15) is 24.2 Å². The number of cyclic esters (lactones) is 1. The van der Waals surface area contributed by atoms with Gasteiger partial charge in [-0.2, -0.15) is 0 Å². The Kier molecular flexibility index (Phi) is 13.1. The van der Waals surface area contributed by atoms with Crippen molar-refractivity contribution in [3.63, 3.8) is 0 Å².